The Labute approximate surface area is 68.0 Å². The lowest BCUT2D eigenvalue weighted by Crippen LogP contribution is -2.43. The highest BCUT2D eigenvalue weighted by Crippen LogP contribution is 1.99. The van der Waals surface area contributed by atoms with Crippen molar-refractivity contribution in [3.63, 3.8) is 0 Å². The Balaban J connectivity index is 3.32. The summed E-state index contributed by atoms with van der Waals surface area (Å²) < 4.78 is 0. The Kier molecular flexibility index (Phi) is 4.84. The molecule has 0 spiro atoms. The van der Waals surface area contributed by atoms with E-state index in [-0.39, 0.29) is 12.1 Å². The van der Waals surface area contributed by atoms with Crippen molar-refractivity contribution in [2.45, 2.75) is 32.2 Å². The number of rotatable bonds is 5. The second kappa shape index (κ2) is 5.11. The second-order valence-corrected chi connectivity index (χ2v) is 3.23. The largest absolute Gasteiger partial charge is 0.394 e. The van der Waals surface area contributed by atoms with E-state index in [4.69, 9.17) is 10.4 Å². The monoisotopic (exact) mass is 156 g/mol. The molecule has 3 heteroatoms. The summed E-state index contributed by atoms with van der Waals surface area (Å²) in [7, 11) is 0. The van der Waals surface area contributed by atoms with Crippen LogP contribution in [-0.4, -0.2) is 23.8 Å². The third-order valence-corrected chi connectivity index (χ3v) is 1.46. The van der Waals surface area contributed by atoms with Gasteiger partial charge in [0, 0.05) is 12.0 Å². The van der Waals surface area contributed by atoms with Crippen LogP contribution in [0.1, 0.15) is 26.7 Å². The first-order valence-corrected chi connectivity index (χ1v) is 3.85. The van der Waals surface area contributed by atoms with Crippen molar-refractivity contribution >= 4 is 0 Å². The Bertz CT molecular complexity index is 138. The van der Waals surface area contributed by atoms with Gasteiger partial charge in [0.25, 0.3) is 0 Å². The summed E-state index contributed by atoms with van der Waals surface area (Å²) in [6, 6.07) is 2.07. The van der Waals surface area contributed by atoms with Crippen LogP contribution >= 0.6 is 0 Å². The van der Waals surface area contributed by atoms with Crippen LogP contribution in [0.25, 0.3) is 0 Å². The van der Waals surface area contributed by atoms with E-state index < -0.39 is 0 Å². The maximum Gasteiger partial charge on any atom is 0.0622 e. The van der Waals surface area contributed by atoms with Gasteiger partial charge in [0.1, 0.15) is 0 Å². The maximum atomic E-state index is 8.82. The van der Waals surface area contributed by atoms with Gasteiger partial charge >= 0.3 is 0 Å². The van der Waals surface area contributed by atoms with E-state index in [9.17, 15) is 0 Å². The first kappa shape index (κ1) is 10.4. The zero-order chi connectivity index (χ0) is 8.74. The van der Waals surface area contributed by atoms with Gasteiger partial charge in [-0.05, 0) is 26.8 Å². The van der Waals surface area contributed by atoms with Crippen LogP contribution in [0, 0.1) is 11.3 Å². The van der Waals surface area contributed by atoms with Gasteiger partial charge in [-0.2, -0.15) is 5.26 Å². The first-order chi connectivity index (χ1) is 5.12. The molecule has 2 N–H and O–H groups in total. The molecule has 0 fully saturated rings. The molecule has 0 aromatic heterocycles. The van der Waals surface area contributed by atoms with Crippen LogP contribution in [0.5, 0.6) is 0 Å². The van der Waals surface area contributed by atoms with Crippen LogP contribution in [0.2, 0.25) is 0 Å². The van der Waals surface area contributed by atoms with Gasteiger partial charge in [-0.1, -0.05) is 0 Å². The summed E-state index contributed by atoms with van der Waals surface area (Å²) >= 11 is 0. The first-order valence-electron chi connectivity index (χ1n) is 3.85. The zero-order valence-corrected chi connectivity index (χ0v) is 7.22. The lowest BCUT2D eigenvalue weighted by Gasteiger charge is -2.23. The molecule has 0 saturated carbocycles. The summed E-state index contributed by atoms with van der Waals surface area (Å²) in [5.41, 5.74) is -0.213. The fraction of sp³-hybridized carbons (Fsp3) is 0.875. The average molecular weight is 156 g/mol. The summed E-state index contributed by atoms with van der Waals surface area (Å²) in [6.45, 7) is 4.78. The highest BCUT2D eigenvalue weighted by atomic mass is 16.3. The molecule has 0 aromatic rings. The highest BCUT2D eigenvalue weighted by molar-refractivity contribution is 4.77. The molecule has 0 heterocycles. The van der Waals surface area contributed by atoms with Gasteiger partial charge in [-0.25, -0.2) is 0 Å². The fourth-order valence-electron chi connectivity index (χ4n) is 0.650. The number of nitrogens with one attached hydrogen (secondary N) is 1. The molecular formula is C8H16N2O. The SMILES string of the molecule is CC(C)(CO)NCCCC#N. The molecule has 3 nitrogen and oxygen atoms in total. The van der Waals surface area contributed by atoms with E-state index >= 15 is 0 Å². The third kappa shape index (κ3) is 5.84. The number of aliphatic hydroxyl groups is 1. The molecule has 0 aliphatic carbocycles. The summed E-state index contributed by atoms with van der Waals surface area (Å²) in [5, 5.41) is 20.2. The van der Waals surface area contributed by atoms with Gasteiger partial charge < -0.3 is 10.4 Å². The molecule has 0 aromatic carbocycles. The van der Waals surface area contributed by atoms with Crippen molar-refractivity contribution in [1.29, 1.82) is 5.26 Å². The molecule has 0 rings (SSSR count). The van der Waals surface area contributed by atoms with Crippen LogP contribution in [0.3, 0.4) is 0 Å². The Morgan fingerprint density at radius 1 is 1.55 bits per heavy atom. The molecule has 0 bridgehead atoms. The highest BCUT2D eigenvalue weighted by Gasteiger charge is 2.13. The fourth-order valence-corrected chi connectivity index (χ4v) is 0.650. The molecule has 0 unspecified atom stereocenters. The Morgan fingerprint density at radius 2 is 2.18 bits per heavy atom. The van der Waals surface area contributed by atoms with Crippen LogP contribution in [0.15, 0.2) is 0 Å². The number of hydrogen-bond acceptors (Lipinski definition) is 3. The molecule has 0 saturated heterocycles. The lowest BCUT2D eigenvalue weighted by molar-refractivity contribution is 0.189. The van der Waals surface area contributed by atoms with E-state index in [2.05, 4.69) is 11.4 Å². The van der Waals surface area contributed by atoms with E-state index in [1.54, 1.807) is 0 Å². The molecule has 0 radical (unpaired) electrons. The van der Waals surface area contributed by atoms with Crippen molar-refractivity contribution in [2.75, 3.05) is 13.2 Å². The molecule has 0 aliphatic heterocycles. The third-order valence-electron chi connectivity index (χ3n) is 1.46. The van der Waals surface area contributed by atoms with Gasteiger partial charge in [0.2, 0.25) is 0 Å². The molecule has 0 aliphatic rings. The Hall–Kier alpha value is -0.590. The van der Waals surface area contributed by atoms with Crippen molar-refractivity contribution < 1.29 is 5.11 Å². The smallest absolute Gasteiger partial charge is 0.0622 e. The van der Waals surface area contributed by atoms with E-state index in [1.807, 2.05) is 13.8 Å². The topological polar surface area (TPSA) is 56.0 Å². The molecule has 64 valence electrons. The number of nitrogens with zero attached hydrogens (tertiary/aromatic N) is 1. The summed E-state index contributed by atoms with van der Waals surface area (Å²) in [4.78, 5) is 0. The van der Waals surface area contributed by atoms with E-state index in [1.165, 1.54) is 0 Å². The van der Waals surface area contributed by atoms with Crippen molar-refractivity contribution in [3.05, 3.63) is 0 Å². The van der Waals surface area contributed by atoms with Crippen LogP contribution in [0.4, 0.5) is 0 Å². The predicted molar refractivity (Wildman–Crippen MR) is 44.0 cm³/mol. The van der Waals surface area contributed by atoms with Crippen molar-refractivity contribution in [2.24, 2.45) is 0 Å². The number of aliphatic hydroxyl groups excluding tert-OH is 1. The minimum absolute atomic E-state index is 0.125. The van der Waals surface area contributed by atoms with Crippen molar-refractivity contribution in [1.82, 2.24) is 5.32 Å². The van der Waals surface area contributed by atoms with Crippen LogP contribution < -0.4 is 5.32 Å². The van der Waals surface area contributed by atoms with Gasteiger partial charge in [0.15, 0.2) is 0 Å². The van der Waals surface area contributed by atoms with Gasteiger partial charge in [0.05, 0.1) is 12.7 Å². The van der Waals surface area contributed by atoms with Gasteiger partial charge in [-0.3, -0.25) is 0 Å². The quantitative estimate of drug-likeness (QED) is 0.575. The molecule has 11 heavy (non-hydrogen) atoms. The van der Waals surface area contributed by atoms with Gasteiger partial charge in [-0.15, -0.1) is 0 Å². The average Bonchev–Trinajstić information content (AvgIpc) is 1.99. The van der Waals surface area contributed by atoms with E-state index in [0.717, 1.165) is 13.0 Å². The summed E-state index contributed by atoms with van der Waals surface area (Å²) in [5.74, 6) is 0. The number of unbranched alkanes of at least 4 members (excludes halogenated alkanes) is 1. The summed E-state index contributed by atoms with van der Waals surface area (Å²) in [6.07, 6.45) is 1.43. The molecule has 0 amide bonds. The number of hydrogen-bond donors (Lipinski definition) is 2. The van der Waals surface area contributed by atoms with Crippen molar-refractivity contribution in [3.8, 4) is 6.07 Å². The van der Waals surface area contributed by atoms with E-state index in [0.29, 0.717) is 6.42 Å². The minimum Gasteiger partial charge on any atom is -0.394 e. The second-order valence-electron chi connectivity index (χ2n) is 3.23. The normalized spacial score (nSPS) is 11.1. The lowest BCUT2D eigenvalue weighted by atomic mass is 10.1. The standard InChI is InChI=1S/C8H16N2O/c1-8(2,7-11)10-6-4-3-5-9/h10-11H,3-4,6-7H2,1-2H3. The zero-order valence-electron chi connectivity index (χ0n) is 7.22. The predicted octanol–water partition coefficient (Wildman–Crippen LogP) is 0.651. The van der Waals surface area contributed by atoms with Crippen LogP contribution in [-0.2, 0) is 0 Å². The number of nitriles is 1. The minimum atomic E-state index is -0.213. The maximum absolute atomic E-state index is 8.82. The molecule has 0 atom stereocenters. The Morgan fingerprint density at radius 3 is 2.64 bits per heavy atom. The molecular weight excluding hydrogens is 140 g/mol.